The van der Waals surface area contributed by atoms with Crippen molar-refractivity contribution in [2.45, 2.75) is 13.5 Å². The van der Waals surface area contributed by atoms with Crippen LogP contribution in [0.5, 0.6) is 11.5 Å². The third kappa shape index (κ3) is 4.59. The number of hydrogen-bond acceptors (Lipinski definition) is 7. The maximum absolute atomic E-state index is 12.6. The first kappa shape index (κ1) is 22.9. The van der Waals surface area contributed by atoms with E-state index >= 15 is 0 Å². The van der Waals surface area contributed by atoms with Crippen molar-refractivity contribution >= 4 is 28.5 Å². The molecule has 168 valence electrons. The van der Waals surface area contributed by atoms with E-state index in [-0.39, 0.29) is 12.5 Å². The maximum Gasteiger partial charge on any atom is 0.341 e. The Morgan fingerprint density at radius 3 is 2.25 bits per heavy atom. The Balaban J connectivity index is 2.03. The fraction of sp³-hybridized carbons (Fsp3) is 0.292. The number of nitrogens with one attached hydrogen (secondary N) is 1. The Morgan fingerprint density at radius 2 is 1.66 bits per heavy atom. The van der Waals surface area contributed by atoms with Crippen LogP contribution in [0, 0.1) is 0 Å². The third-order valence-corrected chi connectivity index (χ3v) is 4.96. The number of fused-ring (bicyclic) bond motifs is 1. The predicted octanol–water partition coefficient (Wildman–Crippen LogP) is 3.74. The molecule has 1 aromatic heterocycles. The van der Waals surface area contributed by atoms with Crippen molar-refractivity contribution in [3.8, 4) is 11.5 Å². The third-order valence-electron chi connectivity index (χ3n) is 4.96. The molecular formula is C24H27N3O5. The van der Waals surface area contributed by atoms with Gasteiger partial charge in [-0.1, -0.05) is 12.1 Å². The molecule has 0 atom stereocenters. The Hall–Kier alpha value is -3.81. The standard InChI is InChI=1S/C24H27N3O5/c1-6-32-24(29)17-14-26-22-19(31-5)12-11-18(30-4)20(22)21(17)25-13-15-7-9-16(10-8-15)23(28)27(2)3/h7-12,14H,6,13H2,1-5H3,(H,25,26). The summed E-state index contributed by atoms with van der Waals surface area (Å²) in [6.45, 7) is 2.40. The van der Waals surface area contributed by atoms with E-state index in [0.29, 0.717) is 45.8 Å². The van der Waals surface area contributed by atoms with E-state index in [0.717, 1.165) is 5.56 Å². The number of rotatable bonds is 8. The molecule has 0 unspecified atom stereocenters. The first-order valence-electron chi connectivity index (χ1n) is 10.2. The first-order chi connectivity index (χ1) is 15.4. The summed E-state index contributed by atoms with van der Waals surface area (Å²) in [5.74, 6) is 0.562. The van der Waals surface area contributed by atoms with Crippen molar-refractivity contribution in [3.63, 3.8) is 0 Å². The molecule has 8 heteroatoms. The molecule has 1 amide bonds. The number of amides is 1. The largest absolute Gasteiger partial charge is 0.496 e. The molecule has 32 heavy (non-hydrogen) atoms. The molecule has 0 saturated heterocycles. The van der Waals surface area contributed by atoms with Gasteiger partial charge in [0, 0.05) is 32.4 Å². The quantitative estimate of drug-likeness (QED) is 0.537. The van der Waals surface area contributed by atoms with Gasteiger partial charge in [0.25, 0.3) is 5.91 Å². The van der Waals surface area contributed by atoms with E-state index < -0.39 is 5.97 Å². The molecule has 3 rings (SSSR count). The normalized spacial score (nSPS) is 10.5. The lowest BCUT2D eigenvalue weighted by Gasteiger charge is -2.17. The van der Waals surface area contributed by atoms with Crippen LogP contribution in [-0.2, 0) is 11.3 Å². The Morgan fingerprint density at radius 1 is 1.00 bits per heavy atom. The van der Waals surface area contributed by atoms with Gasteiger partial charge in [0.1, 0.15) is 22.6 Å². The van der Waals surface area contributed by atoms with Crippen LogP contribution < -0.4 is 14.8 Å². The number of hydrogen-bond donors (Lipinski definition) is 1. The fourth-order valence-corrected chi connectivity index (χ4v) is 3.35. The number of methoxy groups -OCH3 is 2. The molecule has 0 fully saturated rings. The Labute approximate surface area is 187 Å². The topological polar surface area (TPSA) is 90.0 Å². The summed E-state index contributed by atoms with van der Waals surface area (Å²) in [6.07, 6.45) is 1.48. The second-order valence-electron chi connectivity index (χ2n) is 7.21. The first-order valence-corrected chi connectivity index (χ1v) is 10.2. The van der Waals surface area contributed by atoms with E-state index in [1.165, 1.54) is 11.1 Å². The number of benzene rings is 2. The van der Waals surface area contributed by atoms with Gasteiger partial charge in [-0.05, 0) is 36.8 Å². The average molecular weight is 437 g/mol. The monoisotopic (exact) mass is 437 g/mol. The van der Waals surface area contributed by atoms with Gasteiger partial charge in [0.2, 0.25) is 0 Å². The lowest BCUT2D eigenvalue weighted by atomic mass is 10.1. The van der Waals surface area contributed by atoms with Crippen molar-refractivity contribution in [2.75, 3.05) is 40.2 Å². The summed E-state index contributed by atoms with van der Waals surface area (Å²) in [4.78, 5) is 30.7. The van der Waals surface area contributed by atoms with Crippen molar-refractivity contribution in [1.29, 1.82) is 0 Å². The smallest absolute Gasteiger partial charge is 0.341 e. The minimum atomic E-state index is -0.485. The fourth-order valence-electron chi connectivity index (χ4n) is 3.35. The molecule has 8 nitrogen and oxygen atoms in total. The molecule has 0 aliphatic carbocycles. The van der Waals surface area contributed by atoms with Crippen LogP contribution in [0.4, 0.5) is 5.69 Å². The highest BCUT2D eigenvalue weighted by atomic mass is 16.5. The van der Waals surface area contributed by atoms with Gasteiger partial charge in [-0.15, -0.1) is 0 Å². The van der Waals surface area contributed by atoms with Crippen molar-refractivity contribution in [3.05, 3.63) is 59.3 Å². The summed E-state index contributed by atoms with van der Waals surface area (Å²) < 4.78 is 16.2. The molecule has 0 radical (unpaired) electrons. The number of nitrogens with zero attached hydrogens (tertiary/aromatic N) is 2. The van der Waals surface area contributed by atoms with Crippen LogP contribution in [0.25, 0.3) is 10.9 Å². The van der Waals surface area contributed by atoms with E-state index in [1.807, 2.05) is 12.1 Å². The van der Waals surface area contributed by atoms with Crippen LogP contribution in [0.1, 0.15) is 33.2 Å². The molecule has 0 saturated carbocycles. The van der Waals surface area contributed by atoms with Crippen molar-refractivity contribution in [2.24, 2.45) is 0 Å². The SMILES string of the molecule is CCOC(=O)c1cnc2c(OC)ccc(OC)c2c1NCc1ccc(C(=O)N(C)C)cc1. The summed E-state index contributed by atoms with van der Waals surface area (Å²) in [5.41, 5.74) is 2.94. The van der Waals surface area contributed by atoms with Crippen molar-refractivity contribution < 1.29 is 23.8 Å². The number of esters is 1. The number of anilines is 1. The summed E-state index contributed by atoms with van der Waals surface area (Å²) >= 11 is 0. The lowest BCUT2D eigenvalue weighted by Crippen LogP contribution is -2.21. The Bertz CT molecular complexity index is 1130. The molecule has 0 bridgehead atoms. The van der Waals surface area contributed by atoms with Crippen LogP contribution in [0.2, 0.25) is 0 Å². The van der Waals surface area contributed by atoms with Crippen LogP contribution >= 0.6 is 0 Å². The van der Waals surface area contributed by atoms with Crippen molar-refractivity contribution in [1.82, 2.24) is 9.88 Å². The summed E-state index contributed by atoms with van der Waals surface area (Å²) in [6, 6.07) is 10.8. The molecule has 3 aromatic rings. The highest BCUT2D eigenvalue weighted by Crippen LogP contribution is 2.39. The molecule has 0 aliphatic rings. The number of carbonyl (C=O) groups excluding carboxylic acids is 2. The van der Waals surface area contributed by atoms with Gasteiger partial charge in [-0.2, -0.15) is 0 Å². The number of carbonyl (C=O) groups is 2. The lowest BCUT2D eigenvalue weighted by molar-refractivity contribution is 0.0527. The van der Waals surface area contributed by atoms with Gasteiger partial charge in [-0.3, -0.25) is 9.78 Å². The maximum atomic E-state index is 12.6. The molecule has 1 heterocycles. The summed E-state index contributed by atoms with van der Waals surface area (Å²) in [7, 11) is 6.55. The molecule has 2 aromatic carbocycles. The molecular weight excluding hydrogens is 410 g/mol. The van der Waals surface area contributed by atoms with E-state index in [4.69, 9.17) is 14.2 Å². The van der Waals surface area contributed by atoms with E-state index in [2.05, 4.69) is 10.3 Å². The Kier molecular flexibility index (Phi) is 7.14. The van der Waals surface area contributed by atoms with Gasteiger partial charge < -0.3 is 24.4 Å². The van der Waals surface area contributed by atoms with Gasteiger partial charge in [-0.25, -0.2) is 4.79 Å². The van der Waals surface area contributed by atoms with E-state index in [9.17, 15) is 9.59 Å². The average Bonchev–Trinajstić information content (AvgIpc) is 2.81. The van der Waals surface area contributed by atoms with Crippen LogP contribution in [0.15, 0.2) is 42.6 Å². The number of aromatic nitrogens is 1. The van der Waals surface area contributed by atoms with Gasteiger partial charge >= 0.3 is 5.97 Å². The van der Waals surface area contributed by atoms with Crippen LogP contribution in [0.3, 0.4) is 0 Å². The van der Waals surface area contributed by atoms with E-state index in [1.54, 1.807) is 59.5 Å². The van der Waals surface area contributed by atoms with Gasteiger partial charge in [0.05, 0.1) is 31.9 Å². The number of ether oxygens (including phenoxy) is 3. The second kappa shape index (κ2) is 10.00. The minimum absolute atomic E-state index is 0.0638. The minimum Gasteiger partial charge on any atom is -0.496 e. The predicted molar refractivity (Wildman–Crippen MR) is 123 cm³/mol. The van der Waals surface area contributed by atoms with Crippen LogP contribution in [-0.4, -0.2) is 56.7 Å². The van der Waals surface area contributed by atoms with Gasteiger partial charge in [0.15, 0.2) is 0 Å². The molecule has 0 spiro atoms. The molecule has 0 aliphatic heterocycles. The second-order valence-corrected chi connectivity index (χ2v) is 7.21. The molecule has 1 N–H and O–H groups in total. The highest BCUT2D eigenvalue weighted by molar-refractivity contribution is 6.08. The zero-order valence-electron chi connectivity index (χ0n) is 18.9. The zero-order chi connectivity index (χ0) is 23.3. The highest BCUT2D eigenvalue weighted by Gasteiger charge is 2.21. The summed E-state index contributed by atoms with van der Waals surface area (Å²) in [5, 5.41) is 3.96. The zero-order valence-corrected chi connectivity index (χ0v) is 18.9. The number of pyridine rings is 1.